The lowest BCUT2D eigenvalue weighted by molar-refractivity contribution is -0.342. The molecule has 1 aromatic rings. The van der Waals surface area contributed by atoms with Gasteiger partial charge in [-0.2, -0.15) is 0 Å². The second-order valence-corrected chi connectivity index (χ2v) is 22.3. The van der Waals surface area contributed by atoms with Gasteiger partial charge in [0.15, 0.2) is 3.68 Å². The van der Waals surface area contributed by atoms with E-state index in [4.69, 9.17) is 0 Å². The van der Waals surface area contributed by atoms with E-state index >= 15 is 0 Å². The van der Waals surface area contributed by atoms with E-state index in [-0.39, 0.29) is 11.5 Å². The maximum atomic E-state index is 14.3. The molecule has 6 rings (SSSR count). The maximum Gasteiger partial charge on any atom is 0.170 e. The quantitative estimate of drug-likeness (QED) is 0.0484. The fraction of sp³-hybridized carbons (Fsp3) is 0.824. The first kappa shape index (κ1) is 33.3. The van der Waals surface area contributed by atoms with E-state index < -0.39 is 19.7 Å². The minimum absolute atomic E-state index is 0.110. The molecule has 7 unspecified atom stereocenters. The number of unbranched alkanes of at least 4 members (excludes halogenated alkanes) is 5. The summed E-state index contributed by atoms with van der Waals surface area (Å²) in [5, 5.41) is 11.3. The highest BCUT2D eigenvalue weighted by molar-refractivity contribution is 14.1. The number of aliphatic hydroxyl groups excluding tert-OH is 1. The van der Waals surface area contributed by atoms with Gasteiger partial charge in [0.25, 0.3) is 0 Å². The largest absolute Gasteiger partial charge is 0.616 e. The molecule has 0 aliphatic heterocycles. The third kappa shape index (κ3) is 4.89. The molecule has 0 aromatic heterocycles. The zero-order valence-electron chi connectivity index (χ0n) is 25.8. The van der Waals surface area contributed by atoms with Crippen LogP contribution in [0, 0.1) is 28.6 Å². The predicted molar refractivity (Wildman–Crippen MR) is 193 cm³/mol. The van der Waals surface area contributed by atoms with Crippen LogP contribution in [-0.2, 0) is 16.6 Å². The van der Waals surface area contributed by atoms with Crippen molar-refractivity contribution in [1.82, 2.24) is 0 Å². The molecule has 0 heterocycles. The molecule has 4 fully saturated rings. The number of benzene rings is 1. The Morgan fingerprint density at radius 1 is 1.10 bits per heavy atom. The van der Waals surface area contributed by atoms with Crippen LogP contribution in [0.25, 0.3) is 0 Å². The van der Waals surface area contributed by atoms with E-state index in [1.165, 1.54) is 62.7 Å². The zero-order valence-corrected chi connectivity index (χ0v) is 31.9. The van der Waals surface area contributed by atoms with Gasteiger partial charge in [-0.15, -0.1) is 30.2 Å². The van der Waals surface area contributed by atoms with Gasteiger partial charge < -0.3 is 9.66 Å². The van der Waals surface area contributed by atoms with Crippen molar-refractivity contribution in [3.8, 4) is 0 Å². The number of hydrogen-bond acceptors (Lipinski definition) is 3. The molecule has 1 N–H and O–H groups in total. The average Bonchev–Trinajstić information content (AvgIpc) is 3.19. The second kappa shape index (κ2) is 12.1. The van der Waals surface area contributed by atoms with Crippen molar-refractivity contribution >= 4 is 64.0 Å². The Labute approximate surface area is 280 Å². The molecule has 0 bridgehead atoms. The fourth-order valence-corrected chi connectivity index (χ4v) is 13.4. The van der Waals surface area contributed by atoms with Crippen LogP contribution < -0.4 is 0 Å². The Morgan fingerprint density at radius 3 is 2.50 bits per heavy atom. The number of fused-ring (bicyclic) bond motifs is 3. The SMILES string of the molecule is CSc1ccc2c(c1)C1[C@H]3C(CCCCCCCC[S+]([O-])CCCC(P)(P)C(C)(F)I)[C@@]45CC[C@H](O)[C@@]4(C)CC[C@@]21C35. The van der Waals surface area contributed by atoms with E-state index in [0.29, 0.717) is 23.0 Å². The number of hydrogen-bond donors (Lipinski definition) is 1. The molecule has 5 aliphatic rings. The average molecular weight is 765 g/mol. The van der Waals surface area contributed by atoms with Gasteiger partial charge in [-0.3, -0.25) is 0 Å². The van der Waals surface area contributed by atoms with Crippen LogP contribution in [0.5, 0.6) is 0 Å². The lowest BCUT2D eigenvalue weighted by atomic mass is 9.15. The van der Waals surface area contributed by atoms with Crippen molar-refractivity contribution in [2.75, 3.05) is 17.8 Å². The summed E-state index contributed by atoms with van der Waals surface area (Å²) in [6.45, 7) is 4.07. The zero-order chi connectivity index (χ0) is 30.1. The normalized spacial score (nSPS) is 39.5. The van der Waals surface area contributed by atoms with Crippen molar-refractivity contribution in [2.45, 2.75) is 128 Å². The van der Waals surface area contributed by atoms with Gasteiger partial charge in [-0.1, -0.05) is 49.8 Å². The van der Waals surface area contributed by atoms with Gasteiger partial charge in [0.1, 0.15) is 11.5 Å². The van der Waals surface area contributed by atoms with Crippen LogP contribution in [0.15, 0.2) is 23.1 Å². The minimum Gasteiger partial charge on any atom is -0.616 e. The highest BCUT2D eigenvalue weighted by Crippen LogP contribution is 2.92. The number of thioether (sulfide) groups is 1. The number of rotatable bonds is 15. The van der Waals surface area contributed by atoms with Crippen molar-refractivity contribution in [2.24, 2.45) is 28.6 Å². The van der Waals surface area contributed by atoms with Crippen molar-refractivity contribution in [3.63, 3.8) is 0 Å². The molecule has 1 aromatic carbocycles. The van der Waals surface area contributed by atoms with E-state index in [1.54, 1.807) is 18.1 Å². The highest BCUT2D eigenvalue weighted by Gasteiger charge is 2.88. The van der Waals surface area contributed by atoms with Crippen LogP contribution in [-0.4, -0.2) is 42.1 Å². The first-order valence-corrected chi connectivity index (χ1v) is 21.5. The molecule has 2 nitrogen and oxygen atoms in total. The van der Waals surface area contributed by atoms with Crippen LogP contribution in [0.1, 0.15) is 114 Å². The molecule has 2 spiro atoms. The number of alkyl halides is 2. The molecule has 8 heteroatoms. The Morgan fingerprint density at radius 2 is 1.79 bits per heavy atom. The van der Waals surface area contributed by atoms with Gasteiger partial charge >= 0.3 is 0 Å². The first-order valence-electron chi connectivity index (χ1n) is 16.5. The number of halogens is 2. The molecule has 12 atom stereocenters. The summed E-state index contributed by atoms with van der Waals surface area (Å²) >= 11 is 2.94. The monoisotopic (exact) mass is 764 g/mol. The van der Waals surface area contributed by atoms with Crippen molar-refractivity contribution < 1.29 is 14.0 Å². The second-order valence-electron chi connectivity index (χ2n) is 14.9. The Bertz CT molecular complexity index is 1160. The van der Waals surface area contributed by atoms with Crippen molar-refractivity contribution in [3.05, 3.63) is 29.3 Å². The molecule has 236 valence electrons. The summed E-state index contributed by atoms with van der Waals surface area (Å²) in [6.07, 6.45) is 17.1. The van der Waals surface area contributed by atoms with Crippen LogP contribution in [0.3, 0.4) is 0 Å². The lowest BCUT2D eigenvalue weighted by Gasteiger charge is -2.88. The van der Waals surface area contributed by atoms with Gasteiger partial charge in [0, 0.05) is 15.2 Å². The summed E-state index contributed by atoms with van der Waals surface area (Å²) in [6, 6.07) is 7.35. The lowest BCUT2D eigenvalue weighted by Crippen LogP contribution is -2.84. The molecule has 0 radical (unpaired) electrons. The molecule has 0 saturated heterocycles. The topological polar surface area (TPSA) is 43.3 Å². The van der Waals surface area contributed by atoms with Crippen LogP contribution in [0.2, 0.25) is 0 Å². The van der Waals surface area contributed by atoms with Gasteiger partial charge in [-0.25, -0.2) is 4.39 Å². The molecule has 4 saturated carbocycles. The van der Waals surface area contributed by atoms with E-state index in [2.05, 4.69) is 49.9 Å². The van der Waals surface area contributed by atoms with E-state index in [9.17, 15) is 14.0 Å². The summed E-state index contributed by atoms with van der Waals surface area (Å²) < 4.78 is 25.5. The van der Waals surface area contributed by atoms with E-state index in [0.717, 1.165) is 48.7 Å². The molecule has 42 heavy (non-hydrogen) atoms. The predicted octanol–water partition coefficient (Wildman–Crippen LogP) is 9.39. The molecule has 0 amide bonds. The molecular formula is C34H52FIO2P2S2. The summed E-state index contributed by atoms with van der Waals surface area (Å²) in [7, 11) is 5.26. The van der Waals surface area contributed by atoms with Gasteiger partial charge in [0.2, 0.25) is 0 Å². The van der Waals surface area contributed by atoms with Crippen molar-refractivity contribution in [1.29, 1.82) is 0 Å². The van der Waals surface area contributed by atoms with Gasteiger partial charge in [0.05, 0.1) is 6.10 Å². The van der Waals surface area contributed by atoms with E-state index in [1.807, 2.05) is 34.4 Å². The summed E-state index contributed by atoms with van der Waals surface area (Å²) in [5.74, 6) is 4.72. The fourth-order valence-electron chi connectivity index (χ4n) is 11.1. The summed E-state index contributed by atoms with van der Waals surface area (Å²) in [4.78, 5) is 0.869. The Kier molecular flexibility index (Phi) is 9.59. The minimum atomic E-state index is -1.31. The van der Waals surface area contributed by atoms with Crippen LogP contribution >= 0.6 is 52.8 Å². The third-order valence-electron chi connectivity index (χ3n) is 13.3. The van der Waals surface area contributed by atoms with Crippen LogP contribution in [0.4, 0.5) is 4.39 Å². The van der Waals surface area contributed by atoms with Gasteiger partial charge in [-0.05, 0) is 151 Å². The molecule has 5 aliphatic carbocycles. The smallest absolute Gasteiger partial charge is 0.170 e. The maximum absolute atomic E-state index is 14.3. The Hall–Kier alpha value is 1.36. The Balaban J connectivity index is 0.960. The summed E-state index contributed by atoms with van der Waals surface area (Å²) in [5.41, 5.74) is 4.29. The number of aliphatic hydroxyl groups is 1. The molecular weight excluding hydrogens is 712 g/mol. The third-order valence-corrected chi connectivity index (χ3v) is 19.3. The highest BCUT2D eigenvalue weighted by atomic mass is 127. The standard InChI is InChI=1S/C34H52FIO2P2S2/c1-30-17-18-32-24-13-12-22(41-3)21-23(24)28(32)27-25(33(30,29(27)32)16-14-26(30)37)11-8-6-4-5-7-9-19-42(38)20-10-15-34(39,40)31(2,35)36/h12-13,21,25-29,37H,4-11,14-20,39-40H2,1-3H3/t25?,26-,27+,28?,29?,30+,31?,32+,33+,42?/m0/s1. The first-order chi connectivity index (χ1) is 19.8.